The predicted molar refractivity (Wildman–Crippen MR) is 114 cm³/mol. The monoisotopic (exact) mass is 488 g/mol. The molecule has 3 heterocycles. The van der Waals surface area contributed by atoms with Crippen molar-refractivity contribution in [3.8, 4) is 12.3 Å². The molecule has 0 radical (unpaired) electrons. The fraction of sp³-hybridized carbons (Fsp3) is 0.364. The third-order valence-electron chi connectivity index (χ3n) is 5.93. The molecule has 2 aromatic heterocycles. The van der Waals surface area contributed by atoms with Crippen LogP contribution in [-0.4, -0.2) is 44.8 Å². The van der Waals surface area contributed by atoms with Crippen LogP contribution in [0.5, 0.6) is 0 Å². The number of nitrogens with one attached hydrogen (secondary N) is 3. The molecule has 10 nitrogen and oxygen atoms in total. The standard InChI is InChI=1S/C22H19F3N6O4/c1-3-21(9-22(24,25)10-21)28-19(33)17(32)15-11(2)16(31-8-12(23)7-14(15)31)20(34)35-30-18-13(29-26)5-4-6-27-18/h1,4-6,12,26H,7-10H2,2H3,(H,27,30)(H,28,33)/t12-/m1/s1. The molecule has 0 spiro atoms. The third-order valence-corrected chi connectivity index (χ3v) is 5.93. The van der Waals surface area contributed by atoms with E-state index in [-0.39, 0.29) is 47.0 Å². The number of fused-ring (bicyclic) bond motifs is 1. The second-order valence-electron chi connectivity index (χ2n) is 8.40. The van der Waals surface area contributed by atoms with E-state index >= 15 is 0 Å². The van der Waals surface area contributed by atoms with Gasteiger partial charge in [0.2, 0.25) is 0 Å². The van der Waals surface area contributed by atoms with Crippen LogP contribution in [0.3, 0.4) is 0 Å². The van der Waals surface area contributed by atoms with Crippen LogP contribution in [0.1, 0.15) is 44.9 Å². The molecule has 0 unspecified atom stereocenters. The fourth-order valence-corrected chi connectivity index (χ4v) is 4.41. The zero-order valence-corrected chi connectivity index (χ0v) is 18.3. The Labute approximate surface area is 196 Å². The summed E-state index contributed by atoms with van der Waals surface area (Å²) in [4.78, 5) is 47.5. The van der Waals surface area contributed by atoms with Crippen molar-refractivity contribution in [3.05, 3.63) is 40.8 Å². The van der Waals surface area contributed by atoms with Crippen LogP contribution in [-0.2, 0) is 22.6 Å². The van der Waals surface area contributed by atoms with Crippen molar-refractivity contribution < 1.29 is 32.4 Å². The first-order valence-electron chi connectivity index (χ1n) is 10.4. The number of hydrogen-bond donors (Lipinski definition) is 3. The molecule has 1 aliphatic heterocycles. The van der Waals surface area contributed by atoms with Gasteiger partial charge in [0, 0.05) is 31.2 Å². The summed E-state index contributed by atoms with van der Waals surface area (Å²) in [6, 6.07) is 2.96. The first-order chi connectivity index (χ1) is 16.5. The average molecular weight is 488 g/mol. The first-order valence-corrected chi connectivity index (χ1v) is 10.4. The van der Waals surface area contributed by atoms with Gasteiger partial charge < -0.3 is 14.7 Å². The lowest BCUT2D eigenvalue weighted by atomic mass is 9.74. The van der Waals surface area contributed by atoms with Gasteiger partial charge in [-0.3, -0.25) is 9.59 Å². The summed E-state index contributed by atoms with van der Waals surface area (Å²) in [7, 11) is 0. The smallest absolute Gasteiger partial charge is 0.335 e. The van der Waals surface area contributed by atoms with E-state index < -0.39 is 48.1 Å². The number of nitrogens with zero attached hydrogens (tertiary/aromatic N) is 3. The Bertz CT molecular complexity index is 1290. The van der Waals surface area contributed by atoms with E-state index in [1.807, 2.05) is 0 Å². The number of amides is 1. The van der Waals surface area contributed by atoms with Gasteiger partial charge in [-0.25, -0.2) is 28.5 Å². The van der Waals surface area contributed by atoms with Gasteiger partial charge in [-0.1, -0.05) is 5.92 Å². The van der Waals surface area contributed by atoms with Crippen molar-refractivity contribution >= 4 is 29.2 Å². The van der Waals surface area contributed by atoms with Crippen molar-refractivity contribution in [1.29, 1.82) is 5.53 Å². The highest BCUT2D eigenvalue weighted by Crippen LogP contribution is 2.45. The molecular formula is C22H19F3N6O4. The summed E-state index contributed by atoms with van der Waals surface area (Å²) in [6.45, 7) is 1.13. The number of anilines is 1. The third kappa shape index (κ3) is 4.23. The Morgan fingerprint density at radius 3 is 2.71 bits per heavy atom. The summed E-state index contributed by atoms with van der Waals surface area (Å²) < 4.78 is 42.2. The summed E-state index contributed by atoms with van der Waals surface area (Å²) in [5, 5.41) is 5.43. The van der Waals surface area contributed by atoms with Crippen LogP contribution in [0.25, 0.3) is 0 Å². The molecule has 1 saturated carbocycles. The highest BCUT2D eigenvalue weighted by atomic mass is 19.3. The van der Waals surface area contributed by atoms with Gasteiger partial charge in [-0.2, -0.15) is 10.6 Å². The van der Waals surface area contributed by atoms with E-state index in [1.165, 1.54) is 29.8 Å². The molecule has 2 aliphatic rings. The van der Waals surface area contributed by atoms with Crippen molar-refractivity contribution in [2.24, 2.45) is 5.11 Å². The Kier molecular flexibility index (Phi) is 5.84. The Hall–Kier alpha value is -4.21. The van der Waals surface area contributed by atoms with Crippen LogP contribution in [0.2, 0.25) is 0 Å². The minimum atomic E-state index is -3.05. The quantitative estimate of drug-likeness (QED) is 0.180. The molecule has 182 valence electrons. The van der Waals surface area contributed by atoms with E-state index in [1.54, 1.807) is 0 Å². The lowest BCUT2D eigenvalue weighted by Gasteiger charge is -2.43. The number of carbonyl (C=O) groups excluding carboxylic acids is 3. The molecule has 35 heavy (non-hydrogen) atoms. The summed E-state index contributed by atoms with van der Waals surface area (Å²) >= 11 is 0. The summed E-state index contributed by atoms with van der Waals surface area (Å²) in [6.07, 6.45) is 3.40. The molecular weight excluding hydrogens is 469 g/mol. The zero-order valence-electron chi connectivity index (χ0n) is 18.3. The van der Waals surface area contributed by atoms with Gasteiger partial charge in [0.25, 0.3) is 17.6 Å². The predicted octanol–water partition coefficient (Wildman–Crippen LogP) is 3.03. The number of hydrogen-bond acceptors (Lipinski definition) is 8. The molecule has 0 bridgehead atoms. The van der Waals surface area contributed by atoms with E-state index in [9.17, 15) is 27.6 Å². The fourth-order valence-electron chi connectivity index (χ4n) is 4.41. The van der Waals surface area contributed by atoms with Gasteiger partial charge in [0.1, 0.15) is 23.1 Å². The molecule has 1 amide bonds. The number of terminal acetylenes is 1. The Balaban J connectivity index is 1.59. The van der Waals surface area contributed by atoms with Crippen LogP contribution in [0.4, 0.5) is 24.7 Å². The highest BCUT2D eigenvalue weighted by Gasteiger charge is 2.57. The average Bonchev–Trinajstić information content (AvgIpc) is 3.28. The van der Waals surface area contributed by atoms with Crippen LogP contribution >= 0.6 is 0 Å². The molecule has 0 aromatic carbocycles. The molecule has 2 aromatic rings. The first kappa shape index (κ1) is 23.9. The number of halogens is 3. The normalized spacial score (nSPS) is 19.0. The highest BCUT2D eigenvalue weighted by molar-refractivity contribution is 6.44. The molecule has 13 heteroatoms. The summed E-state index contributed by atoms with van der Waals surface area (Å²) in [5.41, 5.74) is 7.59. The van der Waals surface area contributed by atoms with Gasteiger partial charge in [0.15, 0.2) is 5.82 Å². The second kappa shape index (κ2) is 8.53. The van der Waals surface area contributed by atoms with Gasteiger partial charge in [-0.05, 0) is 24.6 Å². The minimum Gasteiger partial charge on any atom is -0.335 e. The van der Waals surface area contributed by atoms with Crippen molar-refractivity contribution in [2.75, 3.05) is 5.48 Å². The maximum atomic E-state index is 14.2. The number of Topliss-reactive ketones (excluding diaryl/α,β-unsaturated/α-hetero) is 1. The number of rotatable bonds is 7. The van der Waals surface area contributed by atoms with E-state index in [2.05, 4.69) is 26.8 Å². The minimum absolute atomic E-state index is 0.0300. The zero-order chi connectivity index (χ0) is 25.5. The van der Waals surface area contributed by atoms with Crippen molar-refractivity contribution in [3.63, 3.8) is 0 Å². The molecule has 0 saturated heterocycles. The summed E-state index contributed by atoms with van der Waals surface area (Å²) in [5.74, 6) is -4.34. The van der Waals surface area contributed by atoms with E-state index in [4.69, 9.17) is 16.8 Å². The number of alkyl halides is 3. The number of pyridine rings is 1. The number of aromatic nitrogens is 2. The maximum absolute atomic E-state index is 14.2. The topological polar surface area (TPSA) is 139 Å². The molecule has 4 rings (SSSR count). The molecule has 1 aliphatic carbocycles. The lowest BCUT2D eigenvalue weighted by Crippen LogP contribution is -2.62. The SMILES string of the molecule is C#CC1(NC(=O)C(=O)c2c(C)c(C(=O)ONc3ncccc3N=N)n3c2C[C@@H](F)C3)CC(F)(F)C1. The van der Waals surface area contributed by atoms with Gasteiger partial charge in [0.05, 0.1) is 12.1 Å². The van der Waals surface area contributed by atoms with Crippen LogP contribution < -0.4 is 10.8 Å². The Morgan fingerprint density at radius 1 is 1.37 bits per heavy atom. The molecule has 1 fully saturated rings. The van der Waals surface area contributed by atoms with Crippen LogP contribution in [0.15, 0.2) is 23.4 Å². The number of carbonyl (C=O) groups is 3. The second-order valence-corrected chi connectivity index (χ2v) is 8.40. The molecule has 3 N–H and O–H groups in total. The Morgan fingerprint density at radius 2 is 2.09 bits per heavy atom. The van der Waals surface area contributed by atoms with Crippen LogP contribution in [0, 0.1) is 24.8 Å². The maximum Gasteiger partial charge on any atom is 0.379 e. The molecule has 1 atom stereocenters. The van der Waals surface area contributed by atoms with Gasteiger partial charge in [-0.15, -0.1) is 6.42 Å². The number of ketones is 1. The van der Waals surface area contributed by atoms with Gasteiger partial charge >= 0.3 is 5.97 Å². The van der Waals surface area contributed by atoms with Crippen molar-refractivity contribution in [2.45, 2.75) is 50.4 Å². The largest absolute Gasteiger partial charge is 0.379 e. The van der Waals surface area contributed by atoms with E-state index in [0.29, 0.717) is 0 Å². The van der Waals surface area contributed by atoms with Crippen molar-refractivity contribution in [1.82, 2.24) is 14.9 Å². The van der Waals surface area contributed by atoms with E-state index in [0.717, 1.165) is 0 Å². The lowest BCUT2D eigenvalue weighted by molar-refractivity contribution is -0.133.